The molecule has 0 bridgehead atoms. The standard InChI is InChI=1S/C16H15N7O2/c1-2-25-16(24)21-23-9-12-11-5-4-10(22-7-3-6-18-22)8-13(11)19-15(17)14(12)20-23/h3-9H,2H2,1H3,(H2,17,19)(H,21,24). The number of nitrogens with zero attached hydrogens (tertiary/aromatic N) is 5. The maximum Gasteiger partial charge on any atom is 0.427 e. The Labute approximate surface area is 142 Å². The topological polar surface area (TPSA) is 113 Å². The Morgan fingerprint density at radius 1 is 1.36 bits per heavy atom. The number of nitrogen functional groups attached to an aromatic ring is 1. The van der Waals surface area contributed by atoms with Crippen molar-refractivity contribution in [3.05, 3.63) is 42.9 Å². The normalized spacial score (nSPS) is 11.1. The van der Waals surface area contributed by atoms with Gasteiger partial charge < -0.3 is 10.5 Å². The Morgan fingerprint density at radius 2 is 2.24 bits per heavy atom. The average Bonchev–Trinajstić information content (AvgIpc) is 3.24. The zero-order valence-corrected chi connectivity index (χ0v) is 13.4. The van der Waals surface area contributed by atoms with Crippen LogP contribution in [-0.4, -0.2) is 37.4 Å². The summed E-state index contributed by atoms with van der Waals surface area (Å²) in [6.45, 7) is 2.00. The smallest absolute Gasteiger partial charge is 0.427 e. The van der Waals surface area contributed by atoms with Crippen LogP contribution in [0.1, 0.15) is 6.92 Å². The summed E-state index contributed by atoms with van der Waals surface area (Å²) < 4.78 is 6.59. The molecular weight excluding hydrogens is 322 g/mol. The summed E-state index contributed by atoms with van der Waals surface area (Å²) in [6, 6.07) is 7.61. The van der Waals surface area contributed by atoms with E-state index in [-0.39, 0.29) is 12.4 Å². The third kappa shape index (κ3) is 2.61. The fourth-order valence-corrected chi connectivity index (χ4v) is 2.66. The zero-order chi connectivity index (χ0) is 17.4. The van der Waals surface area contributed by atoms with Crippen LogP contribution < -0.4 is 11.2 Å². The highest BCUT2D eigenvalue weighted by Gasteiger charge is 2.13. The molecular formula is C16H15N7O2. The first-order valence-electron chi connectivity index (χ1n) is 7.68. The van der Waals surface area contributed by atoms with E-state index >= 15 is 0 Å². The van der Waals surface area contributed by atoms with Crippen LogP contribution in [0.4, 0.5) is 10.6 Å². The molecule has 0 saturated heterocycles. The fraction of sp³-hybridized carbons (Fsp3) is 0.125. The van der Waals surface area contributed by atoms with Crippen molar-refractivity contribution in [2.45, 2.75) is 6.92 Å². The molecule has 1 aromatic carbocycles. The molecule has 1 amide bonds. The van der Waals surface area contributed by atoms with Gasteiger partial charge in [-0.15, -0.1) is 5.10 Å². The van der Waals surface area contributed by atoms with Gasteiger partial charge in [0.15, 0.2) is 5.82 Å². The van der Waals surface area contributed by atoms with Gasteiger partial charge >= 0.3 is 6.09 Å². The lowest BCUT2D eigenvalue weighted by atomic mass is 10.1. The highest BCUT2D eigenvalue weighted by molar-refractivity contribution is 6.08. The van der Waals surface area contributed by atoms with E-state index in [4.69, 9.17) is 10.5 Å². The largest absolute Gasteiger partial charge is 0.449 e. The van der Waals surface area contributed by atoms with E-state index in [1.165, 1.54) is 4.79 Å². The Kier molecular flexibility index (Phi) is 3.46. The number of hydrogen-bond acceptors (Lipinski definition) is 6. The summed E-state index contributed by atoms with van der Waals surface area (Å²) in [5.41, 5.74) is 10.6. The number of pyridine rings is 1. The average molecular weight is 337 g/mol. The lowest BCUT2D eigenvalue weighted by molar-refractivity contribution is 0.164. The number of carbonyl (C=O) groups excluding carboxylic acids is 1. The Balaban J connectivity index is 1.82. The number of carbonyl (C=O) groups is 1. The van der Waals surface area contributed by atoms with E-state index in [0.717, 1.165) is 16.5 Å². The number of benzene rings is 1. The first-order chi connectivity index (χ1) is 12.2. The molecule has 0 fully saturated rings. The Morgan fingerprint density at radius 3 is 3.00 bits per heavy atom. The monoisotopic (exact) mass is 337 g/mol. The van der Waals surface area contributed by atoms with Crippen molar-refractivity contribution in [3.63, 3.8) is 0 Å². The second-order valence-electron chi connectivity index (χ2n) is 5.32. The minimum atomic E-state index is -0.591. The minimum absolute atomic E-state index is 0.273. The molecule has 4 aromatic rings. The van der Waals surface area contributed by atoms with E-state index < -0.39 is 6.09 Å². The number of hydrogen-bond donors (Lipinski definition) is 2. The van der Waals surface area contributed by atoms with E-state index in [0.29, 0.717) is 11.0 Å². The minimum Gasteiger partial charge on any atom is -0.449 e. The van der Waals surface area contributed by atoms with Crippen LogP contribution in [0.3, 0.4) is 0 Å². The van der Waals surface area contributed by atoms with Crippen molar-refractivity contribution in [1.82, 2.24) is 24.7 Å². The van der Waals surface area contributed by atoms with Gasteiger partial charge in [0.05, 0.1) is 24.0 Å². The number of fused-ring (bicyclic) bond motifs is 3. The maximum absolute atomic E-state index is 11.6. The molecule has 0 aliphatic rings. The van der Waals surface area contributed by atoms with Crippen molar-refractivity contribution in [2.24, 2.45) is 0 Å². The summed E-state index contributed by atoms with van der Waals surface area (Å²) in [5.74, 6) is 0.282. The zero-order valence-electron chi connectivity index (χ0n) is 13.4. The third-order valence-corrected chi connectivity index (χ3v) is 3.72. The number of anilines is 1. The summed E-state index contributed by atoms with van der Waals surface area (Å²) in [5, 5.41) is 10.1. The van der Waals surface area contributed by atoms with Gasteiger partial charge in [0.25, 0.3) is 0 Å². The molecule has 3 aromatic heterocycles. The highest BCUT2D eigenvalue weighted by Crippen LogP contribution is 2.28. The number of aromatic nitrogens is 5. The molecule has 3 heterocycles. The highest BCUT2D eigenvalue weighted by atomic mass is 16.6. The van der Waals surface area contributed by atoms with Gasteiger partial charge in [-0.25, -0.2) is 19.9 Å². The van der Waals surface area contributed by atoms with E-state index in [1.807, 2.05) is 30.5 Å². The van der Waals surface area contributed by atoms with E-state index in [2.05, 4.69) is 20.6 Å². The van der Waals surface area contributed by atoms with Gasteiger partial charge in [0.1, 0.15) is 5.52 Å². The fourth-order valence-electron chi connectivity index (χ4n) is 2.66. The molecule has 3 N–H and O–H groups in total. The van der Waals surface area contributed by atoms with Gasteiger partial charge in [-0.1, -0.05) is 0 Å². The second-order valence-corrected chi connectivity index (χ2v) is 5.32. The molecule has 0 atom stereocenters. The van der Waals surface area contributed by atoms with Crippen molar-refractivity contribution in [1.29, 1.82) is 0 Å². The molecule has 25 heavy (non-hydrogen) atoms. The van der Waals surface area contributed by atoms with Crippen LogP contribution in [0.25, 0.3) is 27.5 Å². The number of nitrogens with two attached hydrogens (primary N) is 1. The summed E-state index contributed by atoms with van der Waals surface area (Å²) in [4.78, 5) is 17.3. The van der Waals surface area contributed by atoms with Crippen molar-refractivity contribution in [3.8, 4) is 5.69 Å². The van der Waals surface area contributed by atoms with Crippen LogP contribution in [0.2, 0.25) is 0 Å². The van der Waals surface area contributed by atoms with Crippen LogP contribution in [0.5, 0.6) is 0 Å². The van der Waals surface area contributed by atoms with Crippen molar-refractivity contribution >= 4 is 33.7 Å². The number of ether oxygens (including phenoxy) is 1. The molecule has 0 aliphatic heterocycles. The lowest BCUT2D eigenvalue weighted by Crippen LogP contribution is -2.23. The molecule has 126 valence electrons. The SMILES string of the molecule is CCOC(=O)Nn1cc2c(n1)c(N)nc1cc(-n3cccn3)ccc12. The number of rotatable bonds is 3. The maximum atomic E-state index is 11.6. The van der Waals surface area contributed by atoms with Crippen LogP contribution in [0, 0.1) is 0 Å². The number of amides is 1. The lowest BCUT2D eigenvalue weighted by Gasteiger charge is -2.05. The van der Waals surface area contributed by atoms with Crippen molar-refractivity contribution in [2.75, 3.05) is 17.8 Å². The quantitative estimate of drug-likeness (QED) is 0.591. The molecule has 0 aliphatic carbocycles. The predicted molar refractivity (Wildman–Crippen MR) is 93.0 cm³/mol. The van der Waals surface area contributed by atoms with E-state index in [9.17, 15) is 4.79 Å². The second kappa shape index (κ2) is 5.78. The Hall–Kier alpha value is -3.62. The van der Waals surface area contributed by atoms with E-state index in [1.54, 1.807) is 24.0 Å². The first-order valence-corrected chi connectivity index (χ1v) is 7.68. The molecule has 4 rings (SSSR count). The molecule has 0 saturated carbocycles. The van der Waals surface area contributed by atoms with Crippen molar-refractivity contribution < 1.29 is 9.53 Å². The third-order valence-electron chi connectivity index (χ3n) is 3.72. The van der Waals surface area contributed by atoms with Gasteiger partial charge in [-0.2, -0.15) is 9.89 Å². The van der Waals surface area contributed by atoms with Crippen LogP contribution >= 0.6 is 0 Å². The summed E-state index contributed by atoms with van der Waals surface area (Å²) in [7, 11) is 0. The van der Waals surface area contributed by atoms with Gasteiger partial charge in [0.2, 0.25) is 0 Å². The molecule has 0 spiro atoms. The molecule has 9 nitrogen and oxygen atoms in total. The summed E-state index contributed by atoms with van der Waals surface area (Å²) in [6.07, 6.45) is 4.65. The Bertz CT molecular complexity index is 1070. The van der Waals surface area contributed by atoms with Crippen LogP contribution in [-0.2, 0) is 4.74 Å². The van der Waals surface area contributed by atoms with Gasteiger partial charge in [-0.3, -0.25) is 0 Å². The van der Waals surface area contributed by atoms with Crippen LogP contribution in [0.15, 0.2) is 42.9 Å². The van der Waals surface area contributed by atoms with Gasteiger partial charge in [0, 0.05) is 23.2 Å². The molecule has 0 radical (unpaired) electrons. The first kappa shape index (κ1) is 14.9. The predicted octanol–water partition coefficient (Wildman–Crippen LogP) is 2.05. The molecule has 0 unspecified atom stereocenters. The summed E-state index contributed by atoms with van der Waals surface area (Å²) >= 11 is 0. The number of nitrogens with one attached hydrogen (secondary N) is 1. The van der Waals surface area contributed by atoms with Gasteiger partial charge in [-0.05, 0) is 31.2 Å². The molecule has 9 heteroatoms.